The van der Waals surface area contributed by atoms with Gasteiger partial charge in [-0.3, -0.25) is 9.58 Å². The van der Waals surface area contributed by atoms with Gasteiger partial charge in [0.2, 0.25) is 0 Å². The molecule has 1 heterocycles. The summed E-state index contributed by atoms with van der Waals surface area (Å²) < 4.78 is 1.92. The third kappa shape index (κ3) is 6.82. The van der Waals surface area contributed by atoms with Gasteiger partial charge in [0.15, 0.2) is 0 Å². The second kappa shape index (κ2) is 8.87. The van der Waals surface area contributed by atoms with Crippen molar-refractivity contribution in [1.82, 2.24) is 25.2 Å². The molecule has 1 aromatic heterocycles. The van der Waals surface area contributed by atoms with Crippen LogP contribution < -0.4 is 5.32 Å². The summed E-state index contributed by atoms with van der Waals surface area (Å²) in [5.74, 6) is 0.658. The average Bonchev–Trinajstić information content (AvgIpc) is 2.81. The maximum atomic E-state index is 4.19. The quantitative estimate of drug-likeness (QED) is 0.665. The molecular weight excluding hydrogens is 250 g/mol. The zero-order valence-electron chi connectivity index (χ0n) is 13.4. The first-order valence-electron chi connectivity index (χ1n) is 7.47. The lowest BCUT2D eigenvalue weighted by Crippen LogP contribution is -2.29. The Labute approximate surface area is 123 Å². The summed E-state index contributed by atoms with van der Waals surface area (Å²) in [5.41, 5.74) is 2.21. The summed E-state index contributed by atoms with van der Waals surface area (Å²) in [6.45, 7) is 18.2. The molecule has 114 valence electrons. The Morgan fingerprint density at radius 2 is 2.25 bits per heavy atom. The summed E-state index contributed by atoms with van der Waals surface area (Å²) in [6.07, 6.45) is 2.03. The van der Waals surface area contributed by atoms with Crippen molar-refractivity contribution >= 4 is 0 Å². The molecule has 0 aliphatic rings. The first-order chi connectivity index (χ1) is 9.51. The number of hydrogen-bond donors (Lipinski definition) is 1. The van der Waals surface area contributed by atoms with Crippen LogP contribution in [0.4, 0.5) is 0 Å². The minimum atomic E-state index is 0.658. The van der Waals surface area contributed by atoms with Crippen molar-refractivity contribution in [2.75, 3.05) is 26.2 Å². The molecule has 0 aliphatic carbocycles. The van der Waals surface area contributed by atoms with Crippen LogP contribution in [0.2, 0.25) is 0 Å². The molecule has 5 heteroatoms. The van der Waals surface area contributed by atoms with Crippen LogP contribution in [0.3, 0.4) is 0 Å². The van der Waals surface area contributed by atoms with E-state index >= 15 is 0 Å². The average molecular weight is 279 g/mol. The highest BCUT2D eigenvalue weighted by Crippen LogP contribution is 1.98. The molecule has 0 saturated carbocycles. The van der Waals surface area contributed by atoms with Crippen molar-refractivity contribution in [2.24, 2.45) is 5.92 Å². The Morgan fingerprint density at radius 1 is 1.50 bits per heavy atom. The summed E-state index contributed by atoms with van der Waals surface area (Å²) in [4.78, 5) is 2.36. The second-order valence-corrected chi connectivity index (χ2v) is 5.82. The Morgan fingerprint density at radius 3 is 2.85 bits per heavy atom. The fourth-order valence-corrected chi connectivity index (χ4v) is 1.99. The molecule has 0 bridgehead atoms. The van der Waals surface area contributed by atoms with Gasteiger partial charge < -0.3 is 5.32 Å². The lowest BCUT2D eigenvalue weighted by atomic mass is 10.2. The van der Waals surface area contributed by atoms with Crippen LogP contribution in [-0.2, 0) is 13.1 Å². The number of likely N-dealkylation sites (N-methyl/N-ethyl adjacent to an activating group) is 1. The van der Waals surface area contributed by atoms with Crippen LogP contribution in [-0.4, -0.2) is 46.1 Å². The molecule has 0 spiro atoms. The molecular formula is C15H29N5. The van der Waals surface area contributed by atoms with Gasteiger partial charge in [-0.2, -0.15) is 0 Å². The first-order valence-corrected chi connectivity index (χ1v) is 7.47. The van der Waals surface area contributed by atoms with E-state index in [1.165, 1.54) is 5.57 Å². The maximum absolute atomic E-state index is 4.19. The van der Waals surface area contributed by atoms with E-state index in [0.29, 0.717) is 5.92 Å². The van der Waals surface area contributed by atoms with Crippen LogP contribution in [0, 0.1) is 5.92 Å². The van der Waals surface area contributed by atoms with E-state index in [9.17, 15) is 0 Å². The summed E-state index contributed by atoms with van der Waals surface area (Å²) in [7, 11) is 0. The predicted molar refractivity (Wildman–Crippen MR) is 83.5 cm³/mol. The van der Waals surface area contributed by atoms with Crippen molar-refractivity contribution in [2.45, 2.75) is 40.8 Å². The van der Waals surface area contributed by atoms with Crippen LogP contribution >= 0.6 is 0 Å². The van der Waals surface area contributed by atoms with Crippen molar-refractivity contribution in [3.8, 4) is 0 Å². The van der Waals surface area contributed by atoms with Gasteiger partial charge in [-0.05, 0) is 25.9 Å². The number of hydrogen-bond acceptors (Lipinski definition) is 4. The normalized spacial score (nSPS) is 11.5. The largest absolute Gasteiger partial charge is 0.311 e. The van der Waals surface area contributed by atoms with E-state index in [1.807, 2.05) is 10.9 Å². The molecule has 0 aromatic carbocycles. The minimum absolute atomic E-state index is 0.658. The smallest absolute Gasteiger partial charge is 0.0964 e. The Balaban J connectivity index is 2.33. The maximum Gasteiger partial charge on any atom is 0.0964 e. The summed E-state index contributed by atoms with van der Waals surface area (Å²) >= 11 is 0. The third-order valence-electron chi connectivity index (χ3n) is 3.03. The van der Waals surface area contributed by atoms with Crippen LogP contribution in [0.25, 0.3) is 0 Å². The second-order valence-electron chi connectivity index (χ2n) is 5.82. The van der Waals surface area contributed by atoms with Gasteiger partial charge in [-0.1, -0.05) is 38.1 Å². The summed E-state index contributed by atoms with van der Waals surface area (Å²) in [5, 5.41) is 11.7. The molecule has 0 amide bonds. The summed E-state index contributed by atoms with van der Waals surface area (Å²) in [6, 6.07) is 0. The van der Waals surface area contributed by atoms with Crippen molar-refractivity contribution in [1.29, 1.82) is 0 Å². The van der Waals surface area contributed by atoms with Gasteiger partial charge in [0.1, 0.15) is 0 Å². The Hall–Kier alpha value is -1.20. The van der Waals surface area contributed by atoms with Gasteiger partial charge in [-0.25, -0.2) is 0 Å². The van der Waals surface area contributed by atoms with E-state index in [4.69, 9.17) is 0 Å². The number of aromatic nitrogens is 3. The van der Waals surface area contributed by atoms with E-state index < -0.39 is 0 Å². The molecule has 1 aromatic rings. The first kappa shape index (κ1) is 16.9. The van der Waals surface area contributed by atoms with Gasteiger partial charge in [-0.15, -0.1) is 5.10 Å². The molecule has 20 heavy (non-hydrogen) atoms. The van der Waals surface area contributed by atoms with Crippen molar-refractivity contribution in [3.05, 3.63) is 24.0 Å². The molecule has 0 fully saturated rings. The lowest BCUT2D eigenvalue weighted by molar-refractivity contribution is 0.291. The fraction of sp³-hybridized carbons (Fsp3) is 0.733. The molecule has 1 rings (SSSR count). The highest BCUT2D eigenvalue weighted by molar-refractivity contribution is 4.93. The van der Waals surface area contributed by atoms with Crippen molar-refractivity contribution in [3.63, 3.8) is 0 Å². The zero-order valence-corrected chi connectivity index (χ0v) is 13.4. The van der Waals surface area contributed by atoms with Gasteiger partial charge in [0.05, 0.1) is 12.2 Å². The van der Waals surface area contributed by atoms with Crippen LogP contribution in [0.15, 0.2) is 18.3 Å². The molecule has 5 nitrogen and oxygen atoms in total. The molecule has 0 unspecified atom stereocenters. The van der Waals surface area contributed by atoms with E-state index in [2.05, 4.69) is 54.8 Å². The van der Waals surface area contributed by atoms with E-state index in [0.717, 1.165) is 45.0 Å². The van der Waals surface area contributed by atoms with Gasteiger partial charge >= 0.3 is 0 Å². The highest BCUT2D eigenvalue weighted by Gasteiger charge is 2.05. The van der Waals surface area contributed by atoms with Gasteiger partial charge in [0, 0.05) is 25.8 Å². The van der Waals surface area contributed by atoms with Gasteiger partial charge in [0.25, 0.3) is 0 Å². The van der Waals surface area contributed by atoms with Crippen LogP contribution in [0.1, 0.15) is 33.4 Å². The molecule has 0 aliphatic heterocycles. The van der Waals surface area contributed by atoms with E-state index in [-0.39, 0.29) is 0 Å². The number of nitrogens with zero attached hydrogens (tertiary/aromatic N) is 4. The standard InChI is InChI=1S/C15H29N5/c1-6-19(11-14(4)5)7-8-20-12-15(17-18-20)10-16-9-13(2)3/h12-13,16H,4,6-11H2,1-3,5H3. The SMILES string of the molecule is C=C(C)CN(CC)CCn1cc(CNCC(C)C)nn1. The molecule has 0 atom stereocenters. The third-order valence-corrected chi connectivity index (χ3v) is 3.03. The van der Waals surface area contributed by atoms with Crippen molar-refractivity contribution < 1.29 is 0 Å². The minimum Gasteiger partial charge on any atom is -0.311 e. The Bertz CT molecular complexity index is 397. The van der Waals surface area contributed by atoms with Crippen LogP contribution in [0.5, 0.6) is 0 Å². The van der Waals surface area contributed by atoms with E-state index in [1.54, 1.807) is 0 Å². The predicted octanol–water partition coefficient (Wildman–Crippen LogP) is 1.92. The highest BCUT2D eigenvalue weighted by atomic mass is 15.4. The topological polar surface area (TPSA) is 46.0 Å². The molecule has 0 radical (unpaired) electrons. The molecule has 0 saturated heterocycles. The number of nitrogens with one attached hydrogen (secondary N) is 1. The number of rotatable bonds is 10. The Kier molecular flexibility index (Phi) is 7.47. The lowest BCUT2D eigenvalue weighted by Gasteiger charge is -2.19. The fourth-order valence-electron chi connectivity index (χ4n) is 1.99. The zero-order chi connectivity index (χ0) is 15.0. The molecule has 1 N–H and O–H groups in total. The monoisotopic (exact) mass is 279 g/mol.